The molecule has 0 bridgehead atoms. The Morgan fingerprint density at radius 1 is 1.12 bits per heavy atom. The number of benzene rings is 2. The summed E-state index contributed by atoms with van der Waals surface area (Å²) >= 11 is 0. The first kappa shape index (κ1) is 17.0. The van der Waals surface area contributed by atoms with Crippen LogP contribution in [0.4, 0.5) is 24.5 Å². The second-order valence-electron chi connectivity index (χ2n) is 6.34. The summed E-state index contributed by atoms with van der Waals surface area (Å²) in [5, 5.41) is 4.97. The molecule has 7 heteroatoms. The number of hydrogen-bond donors (Lipinski definition) is 2. The summed E-state index contributed by atoms with van der Waals surface area (Å²) in [6, 6.07) is 9.36. The van der Waals surface area contributed by atoms with E-state index in [0.717, 1.165) is 11.6 Å². The standard InChI is InChI=1S/C18H15F3N2O2/c1-17(2)11-8-7-10(9-14(11)23-16(17)25)15(24)22-13-6-4-3-5-12(13)18(19,20)21/h3-9H,1-2H3,(H,22,24)(H,23,25). The van der Waals surface area contributed by atoms with Gasteiger partial charge in [0.2, 0.25) is 5.91 Å². The first-order valence-electron chi connectivity index (χ1n) is 7.54. The second kappa shape index (κ2) is 5.61. The monoisotopic (exact) mass is 348 g/mol. The van der Waals surface area contributed by atoms with Crippen LogP contribution in [0.1, 0.15) is 35.3 Å². The highest BCUT2D eigenvalue weighted by molar-refractivity contribution is 6.09. The highest BCUT2D eigenvalue weighted by Gasteiger charge is 2.38. The fraction of sp³-hybridized carbons (Fsp3) is 0.222. The molecule has 1 heterocycles. The molecule has 0 aliphatic carbocycles. The summed E-state index contributed by atoms with van der Waals surface area (Å²) < 4.78 is 39.0. The Morgan fingerprint density at radius 2 is 1.80 bits per heavy atom. The lowest BCUT2D eigenvalue weighted by molar-refractivity contribution is -0.136. The van der Waals surface area contributed by atoms with E-state index in [1.165, 1.54) is 30.3 Å². The van der Waals surface area contributed by atoms with Gasteiger partial charge in [0.15, 0.2) is 0 Å². The van der Waals surface area contributed by atoms with Gasteiger partial charge in [0.1, 0.15) is 0 Å². The molecule has 0 fully saturated rings. The molecule has 2 N–H and O–H groups in total. The lowest BCUT2D eigenvalue weighted by atomic mass is 9.86. The van der Waals surface area contributed by atoms with Gasteiger partial charge in [-0.1, -0.05) is 18.2 Å². The zero-order valence-corrected chi connectivity index (χ0v) is 13.5. The fourth-order valence-electron chi connectivity index (χ4n) is 2.77. The average Bonchev–Trinajstić information content (AvgIpc) is 2.76. The number of hydrogen-bond acceptors (Lipinski definition) is 2. The molecule has 2 aromatic carbocycles. The first-order valence-corrected chi connectivity index (χ1v) is 7.54. The van der Waals surface area contributed by atoms with Crippen molar-refractivity contribution in [2.75, 3.05) is 10.6 Å². The number of anilines is 2. The molecule has 0 aromatic heterocycles. The van der Waals surface area contributed by atoms with Crippen molar-refractivity contribution in [1.82, 2.24) is 0 Å². The summed E-state index contributed by atoms with van der Waals surface area (Å²) in [6.45, 7) is 3.51. The van der Waals surface area contributed by atoms with E-state index < -0.39 is 23.1 Å². The van der Waals surface area contributed by atoms with Crippen molar-refractivity contribution in [2.24, 2.45) is 0 Å². The predicted molar refractivity (Wildman–Crippen MR) is 87.5 cm³/mol. The Bertz CT molecular complexity index is 873. The number of para-hydroxylation sites is 1. The van der Waals surface area contributed by atoms with Gasteiger partial charge in [-0.15, -0.1) is 0 Å². The molecule has 0 spiro atoms. The molecule has 0 radical (unpaired) electrons. The van der Waals surface area contributed by atoms with Gasteiger partial charge in [0.05, 0.1) is 16.7 Å². The Kier molecular flexibility index (Phi) is 3.82. The van der Waals surface area contributed by atoms with E-state index in [1.807, 2.05) is 0 Å². The molecule has 3 rings (SSSR count). The quantitative estimate of drug-likeness (QED) is 0.855. The zero-order valence-electron chi connectivity index (χ0n) is 13.5. The Labute approximate surface area is 142 Å². The molecule has 2 aromatic rings. The van der Waals surface area contributed by atoms with Gasteiger partial charge < -0.3 is 10.6 Å². The van der Waals surface area contributed by atoms with Crippen molar-refractivity contribution >= 4 is 23.2 Å². The number of carbonyl (C=O) groups excluding carboxylic acids is 2. The maximum Gasteiger partial charge on any atom is 0.418 e. The smallest absolute Gasteiger partial charge is 0.325 e. The van der Waals surface area contributed by atoms with E-state index in [4.69, 9.17) is 0 Å². The third-order valence-electron chi connectivity index (χ3n) is 4.25. The Balaban J connectivity index is 1.90. The summed E-state index contributed by atoms with van der Waals surface area (Å²) in [5.41, 5.74) is -0.554. The lowest BCUT2D eigenvalue weighted by Gasteiger charge is -2.15. The van der Waals surface area contributed by atoms with E-state index in [1.54, 1.807) is 19.9 Å². The normalized spacial score (nSPS) is 15.5. The van der Waals surface area contributed by atoms with Crippen LogP contribution in [0.3, 0.4) is 0 Å². The largest absolute Gasteiger partial charge is 0.418 e. The highest BCUT2D eigenvalue weighted by atomic mass is 19.4. The van der Waals surface area contributed by atoms with E-state index in [2.05, 4.69) is 10.6 Å². The van der Waals surface area contributed by atoms with E-state index in [-0.39, 0.29) is 17.2 Å². The van der Waals surface area contributed by atoms with Crippen molar-refractivity contribution in [3.05, 3.63) is 59.2 Å². The SMILES string of the molecule is CC1(C)C(=O)Nc2cc(C(=O)Nc3ccccc3C(F)(F)F)ccc21. The van der Waals surface area contributed by atoms with Crippen LogP contribution in [0.25, 0.3) is 0 Å². The Hall–Kier alpha value is -2.83. The molecule has 0 atom stereocenters. The molecule has 0 saturated heterocycles. The topological polar surface area (TPSA) is 58.2 Å². The van der Waals surface area contributed by atoms with Gasteiger partial charge in [-0.25, -0.2) is 0 Å². The van der Waals surface area contributed by atoms with Crippen LogP contribution in [0.5, 0.6) is 0 Å². The number of nitrogens with one attached hydrogen (secondary N) is 2. The van der Waals surface area contributed by atoms with Gasteiger partial charge in [-0.3, -0.25) is 9.59 Å². The van der Waals surface area contributed by atoms with Crippen LogP contribution >= 0.6 is 0 Å². The van der Waals surface area contributed by atoms with Crippen molar-refractivity contribution in [1.29, 1.82) is 0 Å². The van der Waals surface area contributed by atoms with Crippen molar-refractivity contribution in [2.45, 2.75) is 25.4 Å². The second-order valence-corrected chi connectivity index (χ2v) is 6.34. The van der Waals surface area contributed by atoms with Crippen LogP contribution < -0.4 is 10.6 Å². The highest BCUT2D eigenvalue weighted by Crippen LogP contribution is 2.38. The fourth-order valence-corrected chi connectivity index (χ4v) is 2.77. The van der Waals surface area contributed by atoms with Crippen LogP contribution in [0.15, 0.2) is 42.5 Å². The summed E-state index contributed by atoms with van der Waals surface area (Å²) in [6.07, 6.45) is -4.57. The molecule has 2 amide bonds. The molecule has 1 aliphatic heterocycles. The molecule has 0 saturated carbocycles. The van der Waals surface area contributed by atoms with Crippen LogP contribution in [-0.4, -0.2) is 11.8 Å². The van der Waals surface area contributed by atoms with Crippen molar-refractivity contribution < 1.29 is 22.8 Å². The molecule has 25 heavy (non-hydrogen) atoms. The maximum absolute atomic E-state index is 13.0. The van der Waals surface area contributed by atoms with Gasteiger partial charge in [-0.05, 0) is 43.7 Å². The number of halogens is 3. The van der Waals surface area contributed by atoms with Gasteiger partial charge >= 0.3 is 6.18 Å². The minimum Gasteiger partial charge on any atom is -0.325 e. The summed E-state index contributed by atoms with van der Waals surface area (Å²) in [7, 11) is 0. The lowest BCUT2D eigenvalue weighted by Crippen LogP contribution is -2.26. The molecule has 130 valence electrons. The number of rotatable bonds is 2. The minimum atomic E-state index is -4.57. The predicted octanol–water partition coefficient (Wildman–Crippen LogP) is 4.19. The number of carbonyl (C=O) groups is 2. The van der Waals surface area contributed by atoms with E-state index in [0.29, 0.717) is 5.69 Å². The number of alkyl halides is 3. The van der Waals surface area contributed by atoms with Crippen LogP contribution in [0, 0.1) is 0 Å². The van der Waals surface area contributed by atoms with Crippen molar-refractivity contribution in [3.63, 3.8) is 0 Å². The Morgan fingerprint density at radius 3 is 2.48 bits per heavy atom. The minimum absolute atomic E-state index is 0.161. The van der Waals surface area contributed by atoms with Crippen LogP contribution in [-0.2, 0) is 16.4 Å². The van der Waals surface area contributed by atoms with E-state index >= 15 is 0 Å². The zero-order chi connectivity index (χ0) is 18.4. The van der Waals surface area contributed by atoms with Crippen molar-refractivity contribution in [3.8, 4) is 0 Å². The van der Waals surface area contributed by atoms with Gasteiger partial charge in [0, 0.05) is 11.3 Å². The number of amides is 2. The first-order chi connectivity index (χ1) is 11.6. The van der Waals surface area contributed by atoms with Gasteiger partial charge in [-0.2, -0.15) is 13.2 Å². The van der Waals surface area contributed by atoms with E-state index in [9.17, 15) is 22.8 Å². The molecular weight excluding hydrogens is 333 g/mol. The summed E-state index contributed by atoms with van der Waals surface area (Å²) in [4.78, 5) is 24.3. The molecular formula is C18H15F3N2O2. The van der Waals surface area contributed by atoms with Crippen LogP contribution in [0.2, 0.25) is 0 Å². The molecule has 4 nitrogen and oxygen atoms in total. The van der Waals surface area contributed by atoms with Gasteiger partial charge in [0.25, 0.3) is 5.91 Å². The number of fused-ring (bicyclic) bond motifs is 1. The summed E-state index contributed by atoms with van der Waals surface area (Å²) in [5.74, 6) is -0.874. The third-order valence-corrected chi connectivity index (χ3v) is 4.25. The molecule has 1 aliphatic rings. The third kappa shape index (κ3) is 2.97. The maximum atomic E-state index is 13.0. The molecule has 0 unspecified atom stereocenters. The average molecular weight is 348 g/mol.